The Hall–Kier alpha value is -3.15. The minimum Gasteiger partial charge on any atom is -0.370 e. The van der Waals surface area contributed by atoms with Crippen LogP contribution in [0.3, 0.4) is 0 Å². The molecule has 5 N–H and O–H groups in total. The lowest BCUT2D eigenvalue weighted by Crippen LogP contribution is -2.22. The molecule has 0 saturated heterocycles. The van der Waals surface area contributed by atoms with E-state index in [-0.39, 0.29) is 11.7 Å². The van der Waals surface area contributed by atoms with E-state index in [1.54, 1.807) is 30.3 Å². The van der Waals surface area contributed by atoms with E-state index in [1.807, 2.05) is 18.2 Å². The number of rotatable bonds is 3. The van der Waals surface area contributed by atoms with Gasteiger partial charge in [-0.05, 0) is 18.2 Å². The Morgan fingerprint density at radius 3 is 2.52 bits per heavy atom. The number of nitrogens with one attached hydrogen (secondary N) is 1. The van der Waals surface area contributed by atoms with Gasteiger partial charge in [0.25, 0.3) is 0 Å². The van der Waals surface area contributed by atoms with Crippen LogP contribution in [0.1, 0.15) is 15.9 Å². The molecular weight excluding hydrogens is 266 g/mol. The Bertz CT molecular complexity index is 832. The van der Waals surface area contributed by atoms with Crippen LogP contribution in [0.15, 0.2) is 53.5 Å². The van der Waals surface area contributed by atoms with Gasteiger partial charge in [-0.1, -0.05) is 30.3 Å². The van der Waals surface area contributed by atoms with Crippen molar-refractivity contribution in [2.24, 2.45) is 16.5 Å². The first-order chi connectivity index (χ1) is 10.1. The molecule has 1 aromatic heterocycles. The van der Waals surface area contributed by atoms with Gasteiger partial charge in [0.1, 0.15) is 0 Å². The maximum atomic E-state index is 12.4. The molecule has 1 heterocycles. The number of aromatic amines is 1. The van der Waals surface area contributed by atoms with Gasteiger partial charge in [-0.2, -0.15) is 4.99 Å². The maximum absolute atomic E-state index is 12.4. The number of hydrogen-bond acceptors (Lipinski definition) is 3. The number of hydrogen-bond donors (Lipinski definition) is 3. The lowest BCUT2D eigenvalue weighted by Gasteiger charge is -2.00. The van der Waals surface area contributed by atoms with Crippen molar-refractivity contribution in [1.82, 2.24) is 9.97 Å². The molecule has 0 bridgehead atoms. The number of fused-ring (bicyclic) bond motifs is 1. The Morgan fingerprint density at radius 1 is 1.05 bits per heavy atom. The Labute approximate surface area is 120 Å². The molecule has 3 aromatic rings. The van der Waals surface area contributed by atoms with Crippen molar-refractivity contribution < 1.29 is 4.79 Å². The van der Waals surface area contributed by atoms with Crippen LogP contribution >= 0.6 is 0 Å². The summed E-state index contributed by atoms with van der Waals surface area (Å²) in [5.74, 6) is 0.194. The van der Waals surface area contributed by atoms with Crippen molar-refractivity contribution in [2.75, 3.05) is 0 Å². The molecule has 21 heavy (non-hydrogen) atoms. The smallest absolute Gasteiger partial charge is 0.231 e. The number of carbonyl (C=O) groups excluding carboxylic acids is 1. The Balaban J connectivity index is 2.01. The summed E-state index contributed by atoms with van der Waals surface area (Å²) in [5.41, 5.74) is 13.2. The molecule has 3 rings (SSSR count). The van der Waals surface area contributed by atoms with Crippen molar-refractivity contribution in [3.63, 3.8) is 0 Å². The summed E-state index contributed by atoms with van der Waals surface area (Å²) in [6.45, 7) is 0. The molecule has 2 aromatic carbocycles. The van der Waals surface area contributed by atoms with Gasteiger partial charge in [-0.15, -0.1) is 0 Å². The first-order valence-electron chi connectivity index (χ1n) is 6.32. The van der Waals surface area contributed by atoms with E-state index in [4.69, 9.17) is 11.5 Å². The molecule has 0 radical (unpaired) electrons. The lowest BCUT2D eigenvalue weighted by atomic mass is 10.0. The highest BCUT2D eigenvalue weighted by Crippen LogP contribution is 2.19. The van der Waals surface area contributed by atoms with Gasteiger partial charge in [0.15, 0.2) is 11.7 Å². The maximum Gasteiger partial charge on any atom is 0.231 e. The van der Waals surface area contributed by atoms with E-state index < -0.39 is 0 Å². The van der Waals surface area contributed by atoms with Gasteiger partial charge >= 0.3 is 0 Å². The highest BCUT2D eigenvalue weighted by atomic mass is 16.1. The topological polar surface area (TPSA) is 110 Å². The molecular formula is C15H13N5O. The quantitative estimate of drug-likeness (QED) is 0.385. The average Bonchev–Trinajstić information content (AvgIpc) is 2.87. The molecule has 0 unspecified atom stereocenters. The van der Waals surface area contributed by atoms with Crippen LogP contribution in [0, 0.1) is 0 Å². The van der Waals surface area contributed by atoms with Gasteiger partial charge in [-0.3, -0.25) is 4.79 Å². The van der Waals surface area contributed by atoms with Crippen LogP contribution in [0.25, 0.3) is 11.0 Å². The van der Waals surface area contributed by atoms with Crippen molar-refractivity contribution >= 4 is 28.7 Å². The second kappa shape index (κ2) is 5.09. The zero-order chi connectivity index (χ0) is 14.8. The van der Waals surface area contributed by atoms with Gasteiger partial charge in [0.05, 0.1) is 11.0 Å². The molecule has 0 spiro atoms. The Morgan fingerprint density at radius 2 is 1.81 bits per heavy atom. The Kier molecular flexibility index (Phi) is 3.12. The van der Waals surface area contributed by atoms with Crippen LogP contribution in [0.5, 0.6) is 0 Å². The minimum absolute atomic E-state index is 0.0458. The van der Waals surface area contributed by atoms with Gasteiger partial charge in [0, 0.05) is 11.1 Å². The number of guanidine groups is 1. The molecule has 0 aliphatic carbocycles. The number of aliphatic imine (C=N–C) groups is 1. The number of nitrogens with two attached hydrogens (primary N) is 2. The van der Waals surface area contributed by atoms with Gasteiger partial charge in [-0.25, -0.2) is 4.98 Å². The van der Waals surface area contributed by atoms with Crippen LogP contribution < -0.4 is 11.5 Å². The van der Waals surface area contributed by atoms with E-state index in [9.17, 15) is 4.79 Å². The molecule has 104 valence electrons. The third-order valence-electron chi connectivity index (χ3n) is 3.00. The van der Waals surface area contributed by atoms with Crippen LogP contribution in [-0.2, 0) is 0 Å². The van der Waals surface area contributed by atoms with E-state index >= 15 is 0 Å². The van der Waals surface area contributed by atoms with Crippen molar-refractivity contribution in [1.29, 1.82) is 0 Å². The molecule has 0 aliphatic rings. The summed E-state index contributed by atoms with van der Waals surface area (Å²) in [7, 11) is 0. The van der Waals surface area contributed by atoms with Crippen molar-refractivity contribution in [3.8, 4) is 0 Å². The van der Waals surface area contributed by atoms with Crippen molar-refractivity contribution in [3.05, 3.63) is 59.7 Å². The standard InChI is InChI=1S/C15H13N5O/c16-14(17)20-15-18-11-7-6-10(8-12(11)19-15)13(21)9-4-2-1-3-5-9/h1-8H,(H5,16,17,18,19,20). The number of aromatic nitrogens is 2. The highest BCUT2D eigenvalue weighted by molar-refractivity contribution is 6.10. The SMILES string of the molecule is NC(N)=Nc1nc2ccc(C(=O)c3ccccc3)cc2[nH]1. The predicted molar refractivity (Wildman–Crippen MR) is 81.4 cm³/mol. The molecule has 6 nitrogen and oxygen atoms in total. The van der Waals surface area contributed by atoms with Gasteiger partial charge in [0.2, 0.25) is 5.95 Å². The number of imidazole rings is 1. The number of ketones is 1. The summed E-state index contributed by atoms with van der Waals surface area (Å²) >= 11 is 0. The van der Waals surface area contributed by atoms with Crippen LogP contribution in [0.4, 0.5) is 5.95 Å². The summed E-state index contributed by atoms with van der Waals surface area (Å²) in [5, 5.41) is 0. The number of nitrogens with zero attached hydrogens (tertiary/aromatic N) is 2. The fourth-order valence-electron chi connectivity index (χ4n) is 2.07. The summed E-state index contributed by atoms with van der Waals surface area (Å²) < 4.78 is 0. The average molecular weight is 279 g/mol. The van der Waals surface area contributed by atoms with Crippen LogP contribution in [0.2, 0.25) is 0 Å². The molecule has 0 aliphatic heterocycles. The fraction of sp³-hybridized carbons (Fsp3) is 0. The highest BCUT2D eigenvalue weighted by Gasteiger charge is 2.10. The van der Waals surface area contributed by atoms with Crippen LogP contribution in [-0.4, -0.2) is 21.7 Å². The molecule has 0 saturated carbocycles. The first-order valence-corrected chi connectivity index (χ1v) is 6.32. The zero-order valence-corrected chi connectivity index (χ0v) is 11.1. The van der Waals surface area contributed by atoms with E-state index in [0.717, 1.165) is 0 Å². The van der Waals surface area contributed by atoms with E-state index in [2.05, 4.69) is 15.0 Å². The monoisotopic (exact) mass is 279 g/mol. The third kappa shape index (κ3) is 2.59. The first kappa shape index (κ1) is 12.9. The molecule has 6 heteroatoms. The lowest BCUT2D eigenvalue weighted by molar-refractivity contribution is 0.103. The second-order valence-corrected chi connectivity index (χ2v) is 4.52. The van der Waals surface area contributed by atoms with Crippen molar-refractivity contribution in [2.45, 2.75) is 0 Å². The second-order valence-electron chi connectivity index (χ2n) is 4.52. The molecule has 0 amide bonds. The van der Waals surface area contributed by atoms with E-state index in [0.29, 0.717) is 28.1 Å². The summed E-state index contributed by atoms with van der Waals surface area (Å²) in [6, 6.07) is 14.3. The molecule has 0 fully saturated rings. The van der Waals surface area contributed by atoms with Gasteiger partial charge < -0.3 is 16.5 Å². The molecule has 0 atom stereocenters. The third-order valence-corrected chi connectivity index (χ3v) is 3.00. The minimum atomic E-state index is -0.0744. The number of benzene rings is 2. The number of H-pyrrole nitrogens is 1. The summed E-state index contributed by atoms with van der Waals surface area (Å²) in [4.78, 5) is 23.4. The number of carbonyl (C=O) groups is 1. The summed E-state index contributed by atoms with van der Waals surface area (Å²) in [6.07, 6.45) is 0. The zero-order valence-electron chi connectivity index (χ0n) is 11.1. The largest absolute Gasteiger partial charge is 0.370 e. The van der Waals surface area contributed by atoms with E-state index in [1.165, 1.54) is 0 Å². The fourth-order valence-corrected chi connectivity index (χ4v) is 2.07. The normalized spacial score (nSPS) is 10.5. The predicted octanol–water partition coefficient (Wildman–Crippen LogP) is 1.70.